The van der Waals surface area contributed by atoms with Gasteiger partial charge in [0.25, 0.3) is 0 Å². The fourth-order valence-electron chi connectivity index (χ4n) is 6.81. The molecular weight excluding hydrogens is 420 g/mol. The Kier molecular flexibility index (Phi) is 10.1. The molecule has 1 fully saturated rings. The van der Waals surface area contributed by atoms with Crippen LogP contribution in [0.25, 0.3) is 0 Å². The molecule has 3 heteroatoms. The summed E-state index contributed by atoms with van der Waals surface area (Å²) < 4.78 is 5.65. The Morgan fingerprint density at radius 2 is 1.82 bits per heavy atom. The molecule has 0 radical (unpaired) electrons. The van der Waals surface area contributed by atoms with Crippen LogP contribution in [0.4, 0.5) is 0 Å². The van der Waals surface area contributed by atoms with Crippen molar-refractivity contribution in [2.45, 2.75) is 119 Å². The van der Waals surface area contributed by atoms with Gasteiger partial charge < -0.3 is 14.9 Å². The van der Waals surface area contributed by atoms with E-state index in [1.165, 1.54) is 24.0 Å². The van der Waals surface area contributed by atoms with E-state index in [1.807, 2.05) is 6.92 Å². The van der Waals surface area contributed by atoms with Gasteiger partial charge >= 0.3 is 0 Å². The number of hydrogen-bond donors (Lipinski definition) is 2. The second-order valence-electron chi connectivity index (χ2n) is 12.5. The van der Waals surface area contributed by atoms with E-state index in [0.717, 1.165) is 56.6 Å². The van der Waals surface area contributed by atoms with Crippen LogP contribution in [0.2, 0.25) is 0 Å². The van der Waals surface area contributed by atoms with Crippen molar-refractivity contribution in [3.05, 3.63) is 34.6 Å². The van der Waals surface area contributed by atoms with Crippen molar-refractivity contribution >= 4 is 0 Å². The largest absolute Gasteiger partial charge is 0.501 e. The van der Waals surface area contributed by atoms with Crippen LogP contribution in [0.1, 0.15) is 113 Å². The van der Waals surface area contributed by atoms with Crippen LogP contribution in [0.15, 0.2) is 34.6 Å². The van der Waals surface area contributed by atoms with E-state index in [-0.39, 0.29) is 17.9 Å². The number of allylic oxidation sites excluding steroid dienone is 6. The summed E-state index contributed by atoms with van der Waals surface area (Å²) in [4.78, 5) is 0. The Morgan fingerprint density at radius 1 is 1.15 bits per heavy atom. The molecule has 3 nitrogen and oxygen atoms in total. The third-order valence-electron chi connectivity index (χ3n) is 10.2. The zero-order chi connectivity index (χ0) is 25.7. The van der Waals surface area contributed by atoms with Gasteiger partial charge in [0.2, 0.25) is 0 Å². The molecule has 196 valence electrons. The molecule has 0 aromatic rings. The molecule has 2 N–H and O–H groups in total. The zero-order valence-corrected chi connectivity index (χ0v) is 23.8. The van der Waals surface area contributed by atoms with E-state index in [1.54, 1.807) is 12.7 Å². The number of hydrogen-bond acceptors (Lipinski definition) is 3. The second-order valence-corrected chi connectivity index (χ2v) is 12.5. The maximum atomic E-state index is 11.5. The molecule has 2 aliphatic rings. The Labute approximate surface area is 210 Å². The third-order valence-corrected chi connectivity index (χ3v) is 10.2. The van der Waals surface area contributed by atoms with Crippen LogP contribution in [-0.2, 0) is 4.74 Å². The predicted octanol–water partition coefficient (Wildman–Crippen LogP) is 7.98. The first-order chi connectivity index (χ1) is 15.8. The lowest BCUT2D eigenvalue weighted by atomic mass is 9.54. The molecule has 5 atom stereocenters. The summed E-state index contributed by atoms with van der Waals surface area (Å²) in [7, 11) is 1.74. The topological polar surface area (TPSA) is 49.7 Å². The Balaban J connectivity index is 2.13. The van der Waals surface area contributed by atoms with E-state index in [2.05, 4.69) is 60.6 Å². The first kappa shape index (κ1) is 29.2. The number of methoxy groups -OCH3 is 1. The molecule has 0 spiro atoms. The van der Waals surface area contributed by atoms with E-state index in [4.69, 9.17) is 4.74 Å². The predicted molar refractivity (Wildman–Crippen MR) is 145 cm³/mol. The van der Waals surface area contributed by atoms with E-state index >= 15 is 0 Å². The van der Waals surface area contributed by atoms with Crippen LogP contribution in [0.3, 0.4) is 0 Å². The smallest absolute Gasteiger partial charge is 0.0919 e. The molecule has 34 heavy (non-hydrogen) atoms. The average molecular weight is 475 g/mol. The summed E-state index contributed by atoms with van der Waals surface area (Å²) >= 11 is 0. The van der Waals surface area contributed by atoms with Gasteiger partial charge in [0, 0.05) is 12.0 Å². The van der Waals surface area contributed by atoms with E-state index in [9.17, 15) is 10.2 Å². The van der Waals surface area contributed by atoms with Crippen molar-refractivity contribution < 1.29 is 14.9 Å². The summed E-state index contributed by atoms with van der Waals surface area (Å²) in [6, 6.07) is 0. The standard InChI is InChI=1S/C31H54O3/c1-22(14-17-27-23(2)15-16-24(3)29(27,5)6)12-10-19-30(7)28(13-11-21-32)26(25(4)34-9)18-20-31(30,8)33/h12,15,24,27-28,32-33H,10-11,13-14,16-21H2,1-9H3/b22-12+,26-25-/t24-,27+,28+,30-,31-/m0/s1. The highest BCUT2D eigenvalue weighted by atomic mass is 16.5. The van der Waals surface area contributed by atoms with Crippen molar-refractivity contribution in [1.29, 1.82) is 0 Å². The summed E-state index contributed by atoms with van der Waals surface area (Å²) in [6.07, 6.45) is 13.7. The zero-order valence-electron chi connectivity index (χ0n) is 23.8. The molecule has 2 aliphatic carbocycles. The Bertz CT molecular complexity index is 770. The van der Waals surface area contributed by atoms with Gasteiger partial charge in [-0.2, -0.15) is 0 Å². The second kappa shape index (κ2) is 11.8. The average Bonchev–Trinajstić information content (AvgIpc) is 2.77. The van der Waals surface area contributed by atoms with Gasteiger partial charge in [0.05, 0.1) is 18.5 Å². The highest BCUT2D eigenvalue weighted by Crippen LogP contribution is 2.55. The van der Waals surface area contributed by atoms with Crippen molar-refractivity contribution in [1.82, 2.24) is 0 Å². The number of ether oxygens (including phenoxy) is 1. The van der Waals surface area contributed by atoms with Crippen LogP contribution < -0.4 is 0 Å². The molecule has 0 saturated heterocycles. The lowest BCUT2D eigenvalue weighted by molar-refractivity contribution is -0.114. The van der Waals surface area contributed by atoms with Gasteiger partial charge in [0.1, 0.15) is 0 Å². The quantitative estimate of drug-likeness (QED) is 0.249. The molecular formula is C31H54O3. The summed E-state index contributed by atoms with van der Waals surface area (Å²) in [6.45, 7) is 18.4. The molecule has 0 aliphatic heterocycles. The van der Waals surface area contributed by atoms with Gasteiger partial charge in [-0.3, -0.25) is 0 Å². The van der Waals surface area contributed by atoms with E-state index in [0.29, 0.717) is 11.3 Å². The number of rotatable bonds is 10. The van der Waals surface area contributed by atoms with Crippen LogP contribution in [0, 0.1) is 28.6 Å². The normalized spacial score (nSPS) is 35.7. The monoisotopic (exact) mass is 474 g/mol. The highest BCUT2D eigenvalue weighted by molar-refractivity contribution is 5.22. The van der Waals surface area contributed by atoms with Crippen molar-refractivity contribution in [3.63, 3.8) is 0 Å². The molecule has 0 heterocycles. The van der Waals surface area contributed by atoms with E-state index < -0.39 is 5.60 Å². The highest BCUT2D eigenvalue weighted by Gasteiger charge is 2.52. The Morgan fingerprint density at radius 3 is 2.44 bits per heavy atom. The van der Waals surface area contributed by atoms with Gasteiger partial charge in [-0.15, -0.1) is 0 Å². The minimum absolute atomic E-state index is 0.192. The number of aliphatic hydroxyl groups excluding tert-OH is 1. The summed E-state index contributed by atoms with van der Waals surface area (Å²) in [5.41, 5.74) is 3.76. The molecule has 0 amide bonds. The fraction of sp³-hybridized carbons (Fsp3) is 0.806. The SMILES string of the molecule is CO/C(C)=C1/CC[C@](C)(O)[C@@](C)(CC/C=C(\C)CC[C@@H]2C(C)=CC[C@H](C)C2(C)C)[C@@H]1CCCO. The minimum Gasteiger partial charge on any atom is -0.501 e. The first-order valence-corrected chi connectivity index (χ1v) is 13.7. The van der Waals surface area contributed by atoms with Crippen LogP contribution >= 0.6 is 0 Å². The Hall–Kier alpha value is -1.06. The molecule has 0 bridgehead atoms. The fourth-order valence-corrected chi connectivity index (χ4v) is 6.81. The maximum absolute atomic E-state index is 11.5. The van der Waals surface area contributed by atoms with Gasteiger partial charge in [-0.05, 0) is 114 Å². The maximum Gasteiger partial charge on any atom is 0.0919 e. The molecule has 0 unspecified atom stereocenters. The first-order valence-electron chi connectivity index (χ1n) is 13.7. The molecule has 2 rings (SSSR count). The summed E-state index contributed by atoms with van der Waals surface area (Å²) in [5, 5.41) is 21.1. The van der Waals surface area contributed by atoms with Gasteiger partial charge in [0.15, 0.2) is 0 Å². The third kappa shape index (κ3) is 6.19. The minimum atomic E-state index is -0.726. The van der Waals surface area contributed by atoms with Crippen LogP contribution in [0.5, 0.6) is 0 Å². The van der Waals surface area contributed by atoms with Crippen molar-refractivity contribution in [2.24, 2.45) is 28.6 Å². The number of aliphatic hydroxyl groups is 2. The van der Waals surface area contributed by atoms with Crippen molar-refractivity contribution in [3.8, 4) is 0 Å². The summed E-state index contributed by atoms with van der Waals surface area (Å²) in [5.74, 6) is 2.61. The molecule has 0 aromatic heterocycles. The van der Waals surface area contributed by atoms with Crippen molar-refractivity contribution in [2.75, 3.05) is 13.7 Å². The van der Waals surface area contributed by atoms with Gasteiger partial charge in [-0.1, -0.05) is 51.0 Å². The molecule has 1 saturated carbocycles. The molecule has 0 aromatic carbocycles. The lowest BCUT2D eigenvalue weighted by Crippen LogP contribution is -2.52. The van der Waals surface area contributed by atoms with Crippen LogP contribution in [-0.4, -0.2) is 29.5 Å². The lowest BCUT2D eigenvalue weighted by Gasteiger charge is -2.53. The van der Waals surface area contributed by atoms with Gasteiger partial charge in [-0.25, -0.2) is 0 Å².